The molecule has 4 rings (SSSR count). The molecule has 1 unspecified atom stereocenters. The van der Waals surface area contributed by atoms with Crippen LogP contribution in [0.2, 0.25) is 5.02 Å². The van der Waals surface area contributed by atoms with Crippen LogP contribution in [0.25, 0.3) is 10.9 Å². The topological polar surface area (TPSA) is 175 Å². The zero-order chi connectivity index (χ0) is 30.5. The van der Waals surface area contributed by atoms with E-state index in [0.717, 1.165) is 18.5 Å². The molecule has 1 aromatic heterocycles. The number of amides is 1. The number of aromatic amines is 1. The van der Waals surface area contributed by atoms with E-state index in [2.05, 4.69) is 15.2 Å². The van der Waals surface area contributed by atoms with Crippen LogP contribution in [-0.2, 0) is 30.3 Å². The molecule has 1 amide bonds. The van der Waals surface area contributed by atoms with Gasteiger partial charge in [-0.1, -0.05) is 29.8 Å². The number of nitrogens with zero attached hydrogens (tertiary/aromatic N) is 1. The number of para-hydroxylation sites is 1. The summed E-state index contributed by atoms with van der Waals surface area (Å²) in [6.07, 6.45) is 1.23. The van der Waals surface area contributed by atoms with Gasteiger partial charge in [0.25, 0.3) is 5.91 Å². The van der Waals surface area contributed by atoms with E-state index < -0.39 is 29.9 Å². The van der Waals surface area contributed by atoms with Crippen molar-refractivity contribution in [2.45, 2.75) is 12.5 Å². The third-order valence-electron chi connectivity index (χ3n) is 6.08. The number of carbonyl (C=O) groups excluding carboxylic acids is 2. The number of carbonyl (C=O) groups is 4. The molecule has 2 heterocycles. The van der Waals surface area contributed by atoms with Crippen molar-refractivity contribution >= 4 is 46.3 Å². The maximum Gasteiger partial charge on any atom is 0.329 e. The molecule has 0 aliphatic carbocycles. The third-order valence-corrected chi connectivity index (χ3v) is 6.33. The van der Waals surface area contributed by atoms with E-state index in [1.165, 1.54) is 6.07 Å². The van der Waals surface area contributed by atoms with Crippen molar-refractivity contribution in [2.24, 2.45) is 0 Å². The van der Waals surface area contributed by atoms with Gasteiger partial charge in [0.15, 0.2) is 0 Å². The maximum absolute atomic E-state index is 13.0. The van der Waals surface area contributed by atoms with E-state index in [0.29, 0.717) is 53.6 Å². The molecule has 1 aliphatic heterocycles. The molecular weight excluding hydrogens is 570 g/mol. The summed E-state index contributed by atoms with van der Waals surface area (Å²) in [7, 11) is 0. The van der Waals surface area contributed by atoms with Crippen LogP contribution in [0.3, 0.4) is 0 Å². The molecule has 12 nitrogen and oxygen atoms in total. The number of hydrogen-bond acceptors (Lipinski definition) is 8. The number of esters is 1. The van der Waals surface area contributed by atoms with Gasteiger partial charge in [-0.05, 0) is 35.9 Å². The average Bonchev–Trinajstić information content (AvgIpc) is 2.96. The van der Waals surface area contributed by atoms with Crippen molar-refractivity contribution < 1.29 is 38.9 Å². The van der Waals surface area contributed by atoms with Crippen LogP contribution in [0.15, 0.2) is 71.5 Å². The highest BCUT2D eigenvalue weighted by atomic mass is 35.5. The van der Waals surface area contributed by atoms with E-state index in [9.17, 15) is 24.0 Å². The first-order valence-electron chi connectivity index (χ1n) is 12.9. The number of hydrogen-bond donors (Lipinski definition) is 4. The number of carboxylic acid groups (broad SMARTS) is 2. The minimum absolute atomic E-state index is 0.111. The van der Waals surface area contributed by atoms with Gasteiger partial charge in [0, 0.05) is 65.8 Å². The van der Waals surface area contributed by atoms with Crippen molar-refractivity contribution in [3.8, 4) is 0 Å². The van der Waals surface area contributed by atoms with Gasteiger partial charge in [-0.25, -0.2) is 14.4 Å². The summed E-state index contributed by atoms with van der Waals surface area (Å²) in [6.45, 7) is 3.66. The predicted molar refractivity (Wildman–Crippen MR) is 154 cm³/mol. The second-order valence-electron chi connectivity index (χ2n) is 9.07. The number of benzene rings is 2. The van der Waals surface area contributed by atoms with E-state index in [-0.39, 0.29) is 18.6 Å². The summed E-state index contributed by atoms with van der Waals surface area (Å²) >= 11 is 5.92. The molecule has 3 aromatic rings. The van der Waals surface area contributed by atoms with Gasteiger partial charge in [0.05, 0.1) is 13.2 Å². The predicted octanol–water partition coefficient (Wildman–Crippen LogP) is 2.11. The Morgan fingerprint density at radius 1 is 1.02 bits per heavy atom. The van der Waals surface area contributed by atoms with Gasteiger partial charge in [-0.15, -0.1) is 0 Å². The largest absolute Gasteiger partial charge is 0.478 e. The van der Waals surface area contributed by atoms with Gasteiger partial charge >= 0.3 is 17.9 Å². The van der Waals surface area contributed by atoms with Crippen molar-refractivity contribution in [1.29, 1.82) is 0 Å². The number of aliphatic carboxylic acids is 2. The molecule has 2 aromatic carbocycles. The Hall–Kier alpha value is -4.52. The summed E-state index contributed by atoms with van der Waals surface area (Å²) in [6, 6.07) is 14.2. The molecule has 0 saturated carbocycles. The molecule has 1 atom stereocenters. The third kappa shape index (κ3) is 10.5. The number of fused-ring (bicyclic) bond motifs is 1. The van der Waals surface area contributed by atoms with Crippen molar-refractivity contribution in [1.82, 2.24) is 15.2 Å². The number of rotatable bonds is 10. The van der Waals surface area contributed by atoms with Crippen molar-refractivity contribution in [3.63, 3.8) is 0 Å². The number of H-pyrrole nitrogens is 1. The molecule has 1 aliphatic rings. The number of aromatic nitrogens is 1. The summed E-state index contributed by atoms with van der Waals surface area (Å²) in [5.74, 6) is -3.50. The Labute approximate surface area is 245 Å². The van der Waals surface area contributed by atoms with Crippen LogP contribution in [0.1, 0.15) is 15.9 Å². The second kappa shape index (κ2) is 16.1. The molecule has 0 spiro atoms. The molecule has 1 saturated heterocycles. The van der Waals surface area contributed by atoms with Crippen LogP contribution in [-0.4, -0.2) is 89.4 Å². The van der Waals surface area contributed by atoms with Crippen LogP contribution in [0.4, 0.5) is 0 Å². The zero-order valence-corrected chi connectivity index (χ0v) is 23.2. The first-order valence-corrected chi connectivity index (χ1v) is 13.3. The first kappa shape index (κ1) is 32.0. The Morgan fingerprint density at radius 3 is 2.31 bits per heavy atom. The lowest BCUT2D eigenvalue weighted by atomic mass is 10.0. The van der Waals surface area contributed by atoms with E-state index >= 15 is 0 Å². The Morgan fingerprint density at radius 2 is 1.67 bits per heavy atom. The van der Waals surface area contributed by atoms with E-state index in [1.54, 1.807) is 30.3 Å². The monoisotopic (exact) mass is 599 g/mol. The molecule has 1 fully saturated rings. The van der Waals surface area contributed by atoms with Gasteiger partial charge in [-0.2, -0.15) is 0 Å². The fourth-order valence-corrected chi connectivity index (χ4v) is 4.17. The number of pyridine rings is 1. The fraction of sp³-hybridized carbons (Fsp3) is 0.276. The number of ether oxygens (including phenoxy) is 2. The van der Waals surface area contributed by atoms with Crippen LogP contribution in [0.5, 0.6) is 0 Å². The van der Waals surface area contributed by atoms with E-state index in [1.807, 2.05) is 18.2 Å². The van der Waals surface area contributed by atoms with Crippen molar-refractivity contribution in [2.75, 3.05) is 39.5 Å². The molecular formula is C29H30ClN3O9. The zero-order valence-electron chi connectivity index (χ0n) is 22.5. The fourth-order valence-electron chi connectivity index (χ4n) is 4.05. The van der Waals surface area contributed by atoms with Gasteiger partial charge in [-0.3, -0.25) is 14.5 Å². The number of nitrogens with one attached hydrogen (secondary N) is 2. The highest BCUT2D eigenvalue weighted by Crippen LogP contribution is 2.17. The quantitative estimate of drug-likeness (QED) is 0.199. The Balaban J connectivity index is 0.000000531. The number of halogens is 1. The summed E-state index contributed by atoms with van der Waals surface area (Å²) in [4.78, 5) is 62.1. The minimum Gasteiger partial charge on any atom is -0.478 e. The van der Waals surface area contributed by atoms with Gasteiger partial charge < -0.3 is 30.0 Å². The molecule has 0 radical (unpaired) electrons. The summed E-state index contributed by atoms with van der Waals surface area (Å²) in [5.41, 5.74) is 1.39. The molecule has 42 heavy (non-hydrogen) atoms. The van der Waals surface area contributed by atoms with E-state index in [4.69, 9.17) is 31.3 Å². The van der Waals surface area contributed by atoms with Gasteiger partial charge in [0.2, 0.25) is 5.56 Å². The lowest BCUT2D eigenvalue weighted by molar-refractivity contribution is -0.146. The lowest BCUT2D eigenvalue weighted by Gasteiger charge is -2.26. The van der Waals surface area contributed by atoms with Crippen LogP contribution >= 0.6 is 11.6 Å². The molecule has 4 N–H and O–H groups in total. The summed E-state index contributed by atoms with van der Waals surface area (Å²) in [5, 5.41) is 19.7. The standard InChI is InChI=1S/C25H26ClN3O5.C4H4O4/c26-19-7-5-17(6-8-19)24(31)28-22(25(32)34-14-11-29-9-12-33-13-10-29)15-18-16-23(30)27-21-4-2-1-3-20(18)21;5-3(6)1-2-4(7)8/h1-8,16,22H,9-15H2,(H,27,30)(H,28,31);1-2H,(H,5,6)(H,7,8)/b;2-1-. The Kier molecular flexibility index (Phi) is 12.2. The first-order chi connectivity index (χ1) is 20.1. The maximum atomic E-state index is 13.0. The normalized spacial score (nSPS) is 14.0. The van der Waals surface area contributed by atoms with Crippen LogP contribution in [0, 0.1) is 0 Å². The minimum atomic E-state index is -1.26. The highest BCUT2D eigenvalue weighted by Gasteiger charge is 2.25. The average molecular weight is 600 g/mol. The molecule has 0 bridgehead atoms. The molecule has 13 heteroatoms. The number of carboxylic acids is 2. The Bertz CT molecular complexity index is 1470. The SMILES string of the molecule is O=C(NC(Cc1cc(=O)[nH]c2ccccc12)C(=O)OCCN1CCOCC1)c1ccc(Cl)cc1.O=C(O)/C=C\C(=O)O. The summed E-state index contributed by atoms with van der Waals surface area (Å²) < 4.78 is 10.9. The molecule has 222 valence electrons. The van der Waals surface area contributed by atoms with Crippen molar-refractivity contribution in [3.05, 3.63) is 93.3 Å². The smallest absolute Gasteiger partial charge is 0.329 e. The van der Waals surface area contributed by atoms with Crippen LogP contribution < -0.4 is 10.9 Å². The second-order valence-corrected chi connectivity index (χ2v) is 9.51. The highest BCUT2D eigenvalue weighted by molar-refractivity contribution is 6.30. The lowest BCUT2D eigenvalue weighted by Crippen LogP contribution is -2.44. The van der Waals surface area contributed by atoms with Gasteiger partial charge in [0.1, 0.15) is 12.6 Å². The number of morpholine rings is 1.